The van der Waals surface area contributed by atoms with E-state index in [0.29, 0.717) is 44.5 Å². The van der Waals surface area contributed by atoms with E-state index in [1.807, 2.05) is 42.2 Å². The minimum Gasteiger partial charge on any atom is -0.354 e. The Morgan fingerprint density at radius 2 is 1.69 bits per heavy atom. The van der Waals surface area contributed by atoms with Gasteiger partial charge in [-0.25, -0.2) is 4.39 Å². The molecule has 0 aromatic heterocycles. The molecule has 0 unspecified atom stereocenters. The first-order chi connectivity index (χ1) is 15.5. The van der Waals surface area contributed by atoms with Crippen LogP contribution in [0.3, 0.4) is 0 Å². The summed E-state index contributed by atoms with van der Waals surface area (Å²) in [6, 6.07) is 14.2. The van der Waals surface area contributed by atoms with E-state index in [0.717, 1.165) is 12.0 Å². The van der Waals surface area contributed by atoms with E-state index in [1.54, 1.807) is 0 Å². The highest BCUT2D eigenvalue weighted by Gasteiger charge is 2.33. The Labute approximate surface area is 188 Å². The molecule has 1 heterocycles. The molecule has 0 saturated carbocycles. The minimum atomic E-state index is -0.703. The standard InChI is InChI=1S/C25H30FN3O3/c1-2-14-27-25(32)23(28-24(31)20-8-10-21(26)11-9-20)19-12-15-29(16-13-19)22(30)17-18-6-4-3-5-7-18/h3-11,19,23H,2,12-17H2,1H3,(H,27,32)(H,28,31)/t23-/m1/s1. The maximum atomic E-state index is 13.2. The van der Waals surface area contributed by atoms with Crippen molar-refractivity contribution in [1.29, 1.82) is 0 Å². The lowest BCUT2D eigenvalue weighted by Crippen LogP contribution is -2.54. The number of benzene rings is 2. The van der Waals surface area contributed by atoms with E-state index < -0.39 is 17.8 Å². The maximum Gasteiger partial charge on any atom is 0.251 e. The molecule has 3 rings (SSSR count). The highest BCUT2D eigenvalue weighted by Crippen LogP contribution is 2.22. The molecule has 1 atom stereocenters. The topological polar surface area (TPSA) is 78.5 Å². The molecule has 0 bridgehead atoms. The summed E-state index contributed by atoms with van der Waals surface area (Å²) in [5, 5.41) is 5.71. The van der Waals surface area contributed by atoms with Gasteiger partial charge >= 0.3 is 0 Å². The van der Waals surface area contributed by atoms with Crippen molar-refractivity contribution in [2.24, 2.45) is 5.92 Å². The van der Waals surface area contributed by atoms with Crippen molar-refractivity contribution in [1.82, 2.24) is 15.5 Å². The van der Waals surface area contributed by atoms with Crippen molar-refractivity contribution in [3.63, 3.8) is 0 Å². The molecule has 7 heteroatoms. The third-order valence-electron chi connectivity index (χ3n) is 5.79. The van der Waals surface area contributed by atoms with Gasteiger partial charge in [0.2, 0.25) is 11.8 Å². The molecule has 2 aromatic carbocycles. The van der Waals surface area contributed by atoms with Gasteiger partial charge in [0, 0.05) is 25.2 Å². The quantitative estimate of drug-likeness (QED) is 0.664. The third kappa shape index (κ3) is 6.39. The largest absolute Gasteiger partial charge is 0.354 e. The fourth-order valence-corrected chi connectivity index (χ4v) is 3.95. The van der Waals surface area contributed by atoms with E-state index in [9.17, 15) is 18.8 Å². The SMILES string of the molecule is CCCNC(=O)[C@H](NC(=O)c1ccc(F)cc1)C1CCN(C(=O)Cc2ccccc2)CC1. The van der Waals surface area contributed by atoms with Crippen LogP contribution in [0.4, 0.5) is 4.39 Å². The van der Waals surface area contributed by atoms with Gasteiger partial charge < -0.3 is 15.5 Å². The number of hydrogen-bond donors (Lipinski definition) is 2. The molecule has 6 nitrogen and oxygen atoms in total. The van der Waals surface area contributed by atoms with Gasteiger partial charge in [0.05, 0.1) is 6.42 Å². The van der Waals surface area contributed by atoms with E-state index in [2.05, 4.69) is 10.6 Å². The number of carbonyl (C=O) groups is 3. The number of amides is 3. The molecule has 2 aromatic rings. The molecule has 0 radical (unpaired) electrons. The monoisotopic (exact) mass is 439 g/mol. The van der Waals surface area contributed by atoms with Crippen molar-refractivity contribution in [3.8, 4) is 0 Å². The second kappa shape index (κ2) is 11.4. The predicted octanol–water partition coefficient (Wildman–Crippen LogP) is 2.93. The number of halogens is 1. The maximum absolute atomic E-state index is 13.2. The first-order valence-electron chi connectivity index (χ1n) is 11.1. The summed E-state index contributed by atoms with van der Waals surface area (Å²) in [5.74, 6) is -1.08. The van der Waals surface area contributed by atoms with Gasteiger partial charge in [-0.15, -0.1) is 0 Å². The summed E-state index contributed by atoms with van der Waals surface area (Å²) in [6.45, 7) is 3.57. The Kier molecular flexibility index (Phi) is 8.36. The molecule has 0 aliphatic carbocycles. The first kappa shape index (κ1) is 23.4. The highest BCUT2D eigenvalue weighted by atomic mass is 19.1. The lowest BCUT2D eigenvalue weighted by molar-refractivity contribution is -0.132. The smallest absolute Gasteiger partial charge is 0.251 e. The Bertz CT molecular complexity index is 910. The van der Waals surface area contributed by atoms with Crippen LogP contribution >= 0.6 is 0 Å². The van der Waals surface area contributed by atoms with Crippen LogP contribution in [-0.2, 0) is 16.0 Å². The van der Waals surface area contributed by atoms with Crippen molar-refractivity contribution in [2.75, 3.05) is 19.6 Å². The van der Waals surface area contributed by atoms with E-state index in [1.165, 1.54) is 24.3 Å². The van der Waals surface area contributed by atoms with Crippen LogP contribution in [0.15, 0.2) is 54.6 Å². The fourth-order valence-electron chi connectivity index (χ4n) is 3.95. The predicted molar refractivity (Wildman–Crippen MR) is 120 cm³/mol. The van der Waals surface area contributed by atoms with Gasteiger partial charge in [0.25, 0.3) is 5.91 Å². The second-order valence-electron chi connectivity index (χ2n) is 8.13. The number of rotatable bonds is 8. The van der Waals surface area contributed by atoms with Crippen LogP contribution in [0.1, 0.15) is 42.1 Å². The van der Waals surface area contributed by atoms with Crippen LogP contribution in [0, 0.1) is 11.7 Å². The zero-order valence-corrected chi connectivity index (χ0v) is 18.4. The number of hydrogen-bond acceptors (Lipinski definition) is 3. The number of carbonyl (C=O) groups excluding carboxylic acids is 3. The molecule has 1 aliphatic rings. The number of piperidine rings is 1. The Morgan fingerprint density at radius 3 is 2.31 bits per heavy atom. The summed E-state index contributed by atoms with van der Waals surface area (Å²) >= 11 is 0. The summed E-state index contributed by atoms with van der Waals surface area (Å²) in [4.78, 5) is 40.0. The molecule has 2 N–H and O–H groups in total. The molecule has 1 saturated heterocycles. The first-order valence-corrected chi connectivity index (χ1v) is 11.1. The number of likely N-dealkylation sites (tertiary alicyclic amines) is 1. The highest BCUT2D eigenvalue weighted by molar-refractivity contribution is 5.97. The Morgan fingerprint density at radius 1 is 1.03 bits per heavy atom. The third-order valence-corrected chi connectivity index (χ3v) is 5.79. The summed E-state index contributed by atoms with van der Waals surface area (Å²) in [5.41, 5.74) is 1.28. The van der Waals surface area contributed by atoms with Crippen molar-refractivity contribution >= 4 is 17.7 Å². The Hall–Kier alpha value is -3.22. The van der Waals surface area contributed by atoms with Crippen molar-refractivity contribution in [2.45, 2.75) is 38.6 Å². The molecular weight excluding hydrogens is 409 g/mol. The van der Waals surface area contributed by atoms with Gasteiger partial charge in [-0.3, -0.25) is 14.4 Å². The van der Waals surface area contributed by atoms with Crippen molar-refractivity contribution < 1.29 is 18.8 Å². The minimum absolute atomic E-state index is 0.0667. The molecule has 0 spiro atoms. The zero-order chi connectivity index (χ0) is 22.9. The van der Waals surface area contributed by atoms with Gasteiger partial charge in [0.15, 0.2) is 0 Å². The fraction of sp³-hybridized carbons (Fsp3) is 0.400. The normalized spacial score (nSPS) is 15.1. The van der Waals surface area contributed by atoms with Crippen molar-refractivity contribution in [3.05, 3.63) is 71.5 Å². The van der Waals surface area contributed by atoms with Crippen LogP contribution in [0.2, 0.25) is 0 Å². The van der Waals surface area contributed by atoms with E-state index in [4.69, 9.17) is 0 Å². The summed E-state index contributed by atoms with van der Waals surface area (Å²) in [7, 11) is 0. The Balaban J connectivity index is 1.62. The van der Waals surface area contributed by atoms with Crippen LogP contribution in [0.25, 0.3) is 0 Å². The summed E-state index contributed by atoms with van der Waals surface area (Å²) < 4.78 is 13.2. The number of nitrogens with zero attached hydrogens (tertiary/aromatic N) is 1. The molecule has 32 heavy (non-hydrogen) atoms. The average molecular weight is 440 g/mol. The van der Waals surface area contributed by atoms with Gasteiger partial charge in [-0.05, 0) is 55.0 Å². The van der Waals surface area contributed by atoms with Crippen LogP contribution < -0.4 is 10.6 Å². The van der Waals surface area contributed by atoms with Gasteiger partial charge in [0.1, 0.15) is 11.9 Å². The average Bonchev–Trinajstić information content (AvgIpc) is 2.82. The van der Waals surface area contributed by atoms with Gasteiger partial charge in [-0.1, -0.05) is 37.3 Å². The van der Waals surface area contributed by atoms with Gasteiger partial charge in [-0.2, -0.15) is 0 Å². The second-order valence-corrected chi connectivity index (χ2v) is 8.13. The van der Waals surface area contributed by atoms with Crippen LogP contribution in [-0.4, -0.2) is 48.3 Å². The van der Waals surface area contributed by atoms with E-state index >= 15 is 0 Å². The van der Waals surface area contributed by atoms with E-state index in [-0.39, 0.29) is 17.7 Å². The zero-order valence-electron chi connectivity index (χ0n) is 18.4. The molecule has 3 amide bonds. The molecule has 1 fully saturated rings. The lowest BCUT2D eigenvalue weighted by Gasteiger charge is -2.36. The molecule has 170 valence electrons. The number of nitrogens with one attached hydrogen (secondary N) is 2. The van der Waals surface area contributed by atoms with Crippen LogP contribution in [0.5, 0.6) is 0 Å². The molecular formula is C25H30FN3O3. The molecule has 1 aliphatic heterocycles. The lowest BCUT2D eigenvalue weighted by atomic mass is 9.88. The summed E-state index contributed by atoms with van der Waals surface area (Å²) in [6.07, 6.45) is 2.38.